The van der Waals surface area contributed by atoms with Gasteiger partial charge in [-0.15, -0.1) is 0 Å². The Morgan fingerprint density at radius 2 is 1.77 bits per heavy atom. The number of fused-ring (bicyclic) bond motifs is 1. The molecule has 0 amide bonds. The molecule has 1 aromatic heterocycles. The van der Waals surface area contributed by atoms with Gasteiger partial charge in [0.2, 0.25) is 0 Å². The topological polar surface area (TPSA) is 61.2 Å². The zero-order chi connectivity index (χ0) is 19.7. The van der Waals surface area contributed by atoms with Crippen molar-refractivity contribution in [2.75, 3.05) is 7.11 Å². The van der Waals surface area contributed by atoms with Gasteiger partial charge in [-0.1, -0.05) is 41.5 Å². The molecule has 0 unspecified atom stereocenters. The molecule has 5 heteroatoms. The Kier molecular flexibility index (Phi) is 5.59. The van der Waals surface area contributed by atoms with Crippen LogP contribution in [-0.4, -0.2) is 22.4 Å². The minimum Gasteiger partial charge on any atom is -0.497 e. The van der Waals surface area contributed by atoms with Crippen LogP contribution in [0.1, 0.15) is 60.1 Å². The van der Waals surface area contributed by atoms with E-state index in [1.807, 2.05) is 53.7 Å². The third-order valence-corrected chi connectivity index (χ3v) is 5.40. The molecule has 0 N–H and O–H groups in total. The van der Waals surface area contributed by atoms with E-state index in [-0.39, 0.29) is 17.9 Å². The maximum Gasteiger partial charge on any atom is 0.273 e. The number of carbonyl (C=O) groups is 1. The highest BCUT2D eigenvalue weighted by atomic mass is 16.5. The highest BCUT2D eigenvalue weighted by Gasteiger charge is 2.31. The first-order chi connectivity index (χ1) is 12.1. The lowest BCUT2D eigenvalue weighted by atomic mass is 9.80. The summed E-state index contributed by atoms with van der Waals surface area (Å²) in [4.78, 5) is 30.8. The zero-order valence-corrected chi connectivity index (χ0v) is 17.0. The molecule has 0 aliphatic rings. The summed E-state index contributed by atoms with van der Waals surface area (Å²) >= 11 is 0. The Bertz CT molecular complexity index is 871. The van der Waals surface area contributed by atoms with Gasteiger partial charge in [-0.3, -0.25) is 14.2 Å². The molecule has 0 atom stereocenters. The van der Waals surface area contributed by atoms with Crippen molar-refractivity contribution < 1.29 is 9.53 Å². The van der Waals surface area contributed by atoms with E-state index in [0.29, 0.717) is 22.5 Å². The van der Waals surface area contributed by atoms with Gasteiger partial charge in [-0.25, -0.2) is 4.98 Å². The van der Waals surface area contributed by atoms with Crippen molar-refractivity contribution in [1.82, 2.24) is 9.55 Å². The van der Waals surface area contributed by atoms with Crippen LogP contribution in [0.3, 0.4) is 0 Å². The second-order valence-electron chi connectivity index (χ2n) is 8.15. The fourth-order valence-corrected chi connectivity index (χ4v) is 2.97. The van der Waals surface area contributed by atoms with Crippen LogP contribution in [0, 0.1) is 5.41 Å². The van der Waals surface area contributed by atoms with E-state index in [0.717, 1.165) is 12.8 Å². The van der Waals surface area contributed by atoms with Crippen LogP contribution in [0.5, 0.6) is 5.75 Å². The SMILES string of the molecule is CCC(C)(CC)C(=O)Cn1c(=O)c(C(C)(C)C)nc2ccc(OC)cc21. The van der Waals surface area contributed by atoms with E-state index in [2.05, 4.69) is 4.98 Å². The molecule has 0 spiro atoms. The van der Waals surface area contributed by atoms with Crippen LogP contribution in [0.25, 0.3) is 11.0 Å². The molecule has 5 nitrogen and oxygen atoms in total. The molecule has 2 rings (SSSR count). The lowest BCUT2D eigenvalue weighted by Gasteiger charge is -2.26. The number of nitrogens with zero attached hydrogens (tertiary/aromatic N) is 2. The summed E-state index contributed by atoms with van der Waals surface area (Å²) in [6.45, 7) is 11.9. The number of aromatic nitrogens is 2. The lowest BCUT2D eigenvalue weighted by molar-refractivity contribution is -0.128. The number of methoxy groups -OCH3 is 1. The lowest BCUT2D eigenvalue weighted by Crippen LogP contribution is -2.37. The summed E-state index contributed by atoms with van der Waals surface area (Å²) < 4.78 is 6.87. The molecular formula is C21H30N2O3. The molecule has 0 aliphatic carbocycles. The van der Waals surface area contributed by atoms with E-state index in [1.165, 1.54) is 0 Å². The summed E-state index contributed by atoms with van der Waals surface area (Å²) in [5, 5.41) is 0. The van der Waals surface area contributed by atoms with E-state index < -0.39 is 10.8 Å². The number of ether oxygens (including phenoxy) is 1. The highest BCUT2D eigenvalue weighted by Crippen LogP contribution is 2.28. The van der Waals surface area contributed by atoms with Gasteiger partial charge in [0, 0.05) is 16.9 Å². The zero-order valence-electron chi connectivity index (χ0n) is 17.0. The van der Waals surface area contributed by atoms with Gasteiger partial charge in [0.25, 0.3) is 5.56 Å². The molecule has 0 radical (unpaired) electrons. The number of Topliss-reactive ketones (excluding diaryl/α,β-unsaturated/α-hetero) is 1. The van der Waals surface area contributed by atoms with Gasteiger partial charge in [0.1, 0.15) is 11.4 Å². The summed E-state index contributed by atoms with van der Waals surface area (Å²) in [6, 6.07) is 5.43. The van der Waals surface area contributed by atoms with E-state index >= 15 is 0 Å². The van der Waals surface area contributed by atoms with Crippen molar-refractivity contribution in [3.8, 4) is 5.75 Å². The summed E-state index contributed by atoms with van der Waals surface area (Å²) in [6.07, 6.45) is 1.49. The quantitative estimate of drug-likeness (QED) is 0.780. The van der Waals surface area contributed by atoms with Crippen LogP contribution in [-0.2, 0) is 16.8 Å². The van der Waals surface area contributed by atoms with Crippen LogP contribution >= 0.6 is 0 Å². The summed E-state index contributed by atoms with van der Waals surface area (Å²) in [5.74, 6) is 0.705. The number of carbonyl (C=O) groups excluding carboxylic acids is 1. The molecule has 0 bridgehead atoms. The van der Waals surface area contributed by atoms with E-state index in [1.54, 1.807) is 17.7 Å². The van der Waals surface area contributed by atoms with Crippen LogP contribution in [0.2, 0.25) is 0 Å². The molecule has 142 valence electrons. The molecule has 0 saturated carbocycles. The van der Waals surface area contributed by atoms with Gasteiger partial charge < -0.3 is 4.74 Å². The summed E-state index contributed by atoms with van der Waals surface area (Å²) in [5.41, 5.74) is 0.742. The van der Waals surface area contributed by atoms with Crippen LogP contribution in [0.4, 0.5) is 0 Å². The van der Waals surface area contributed by atoms with Crippen molar-refractivity contribution in [3.63, 3.8) is 0 Å². The third kappa shape index (κ3) is 3.67. The van der Waals surface area contributed by atoms with Gasteiger partial charge in [0.15, 0.2) is 5.78 Å². The van der Waals surface area contributed by atoms with Crippen molar-refractivity contribution in [2.24, 2.45) is 5.41 Å². The second kappa shape index (κ2) is 7.22. The number of hydrogen-bond donors (Lipinski definition) is 0. The van der Waals surface area contributed by atoms with Crippen molar-refractivity contribution in [2.45, 2.75) is 66.3 Å². The molecule has 0 fully saturated rings. The molecule has 1 aromatic carbocycles. The first-order valence-corrected chi connectivity index (χ1v) is 9.19. The maximum atomic E-state index is 13.2. The molecular weight excluding hydrogens is 328 g/mol. The van der Waals surface area contributed by atoms with Gasteiger partial charge in [0.05, 0.1) is 24.7 Å². The molecule has 2 aromatic rings. The molecule has 26 heavy (non-hydrogen) atoms. The Labute approximate surface area is 155 Å². The number of hydrogen-bond acceptors (Lipinski definition) is 4. The molecule has 0 saturated heterocycles. The maximum absolute atomic E-state index is 13.2. The first kappa shape index (κ1) is 20.1. The fourth-order valence-electron chi connectivity index (χ4n) is 2.97. The predicted molar refractivity (Wildman–Crippen MR) is 105 cm³/mol. The number of ketones is 1. The van der Waals surface area contributed by atoms with Gasteiger partial charge in [-0.2, -0.15) is 0 Å². The van der Waals surface area contributed by atoms with Crippen molar-refractivity contribution >= 4 is 16.8 Å². The average Bonchev–Trinajstić information content (AvgIpc) is 2.61. The third-order valence-electron chi connectivity index (χ3n) is 5.40. The molecule has 0 aliphatic heterocycles. The molecule has 1 heterocycles. The number of rotatable bonds is 6. The summed E-state index contributed by atoms with van der Waals surface area (Å²) in [7, 11) is 1.58. The standard InChI is InChI=1S/C21H30N2O3/c1-8-21(6,9-2)17(24)13-23-16-12-14(26-7)10-11-15(16)22-18(19(23)25)20(3,4)5/h10-12H,8-9,13H2,1-7H3. The van der Waals surface area contributed by atoms with Crippen molar-refractivity contribution in [3.05, 3.63) is 34.2 Å². The average molecular weight is 358 g/mol. The largest absolute Gasteiger partial charge is 0.497 e. The van der Waals surface area contributed by atoms with E-state index in [4.69, 9.17) is 4.74 Å². The Hall–Kier alpha value is -2.17. The van der Waals surface area contributed by atoms with Gasteiger partial charge in [-0.05, 0) is 25.0 Å². The highest BCUT2D eigenvalue weighted by molar-refractivity contribution is 5.86. The monoisotopic (exact) mass is 358 g/mol. The predicted octanol–water partition coefficient (Wildman–Crippen LogP) is 4.10. The normalized spacial score (nSPS) is 12.4. The van der Waals surface area contributed by atoms with Crippen LogP contribution in [0.15, 0.2) is 23.0 Å². The number of benzene rings is 1. The minimum atomic E-state index is -0.435. The second-order valence-corrected chi connectivity index (χ2v) is 8.15. The minimum absolute atomic E-state index is 0.0479. The smallest absolute Gasteiger partial charge is 0.273 e. The first-order valence-electron chi connectivity index (χ1n) is 9.19. The van der Waals surface area contributed by atoms with Crippen molar-refractivity contribution in [1.29, 1.82) is 0 Å². The fraction of sp³-hybridized carbons (Fsp3) is 0.571. The Morgan fingerprint density at radius 3 is 2.27 bits per heavy atom. The van der Waals surface area contributed by atoms with Crippen LogP contribution < -0.4 is 10.3 Å². The Morgan fingerprint density at radius 1 is 1.15 bits per heavy atom. The van der Waals surface area contributed by atoms with Gasteiger partial charge >= 0.3 is 0 Å². The van der Waals surface area contributed by atoms with E-state index in [9.17, 15) is 9.59 Å². The Balaban J connectivity index is 2.74.